The fraction of sp³-hybridized carbons (Fsp3) is 0.115. The highest BCUT2D eigenvalue weighted by atomic mass is 35.5. The molecule has 0 atom stereocenters. The van der Waals surface area contributed by atoms with Crippen molar-refractivity contribution in [2.45, 2.75) is 19.4 Å². The number of hydrogen-bond donors (Lipinski definition) is 1. The zero-order valence-corrected chi connectivity index (χ0v) is 18.4. The van der Waals surface area contributed by atoms with Gasteiger partial charge in [-0.05, 0) is 60.2 Å². The van der Waals surface area contributed by atoms with Gasteiger partial charge >= 0.3 is 0 Å². The van der Waals surface area contributed by atoms with Crippen LogP contribution in [0.4, 0.5) is 4.39 Å². The minimum Gasteiger partial charge on any atom is -0.352 e. The minimum absolute atomic E-state index is 0.0924. The highest BCUT2D eigenvalue weighted by molar-refractivity contribution is 6.30. The van der Waals surface area contributed by atoms with Gasteiger partial charge in [0.15, 0.2) is 0 Å². The Morgan fingerprint density at radius 2 is 1.82 bits per heavy atom. The maximum atomic E-state index is 13.9. The summed E-state index contributed by atoms with van der Waals surface area (Å²) in [5.74, 6) is -0.437. The van der Waals surface area contributed by atoms with Gasteiger partial charge in [0.05, 0.1) is 28.7 Å². The molecule has 0 unspecified atom stereocenters. The van der Waals surface area contributed by atoms with Crippen LogP contribution in [0, 0.1) is 17.1 Å². The number of nitrogens with one attached hydrogen (secondary N) is 1. The maximum Gasteiger partial charge on any atom is 0.220 e. The van der Waals surface area contributed by atoms with E-state index in [0.29, 0.717) is 40.5 Å². The summed E-state index contributed by atoms with van der Waals surface area (Å²) in [6.07, 6.45) is 0.693. The summed E-state index contributed by atoms with van der Waals surface area (Å²) in [6, 6.07) is 24.5. The molecule has 164 valence electrons. The standard InChI is InChI=1S/C26H20ClFN4O/c27-21-8-4-19(5-9-21)17-30-26(33)13-10-23-15-25(20-2-1-3-22(28)14-20)32(31-23)24-11-6-18(16-29)7-12-24/h1-9,11-12,14-15H,10,13,17H2,(H,30,33). The van der Waals surface area contributed by atoms with Crippen molar-refractivity contribution in [1.82, 2.24) is 15.1 Å². The van der Waals surface area contributed by atoms with E-state index in [1.54, 1.807) is 47.1 Å². The second kappa shape index (κ2) is 10.1. The molecule has 0 saturated heterocycles. The normalized spacial score (nSPS) is 10.6. The first kappa shape index (κ1) is 22.3. The van der Waals surface area contributed by atoms with Gasteiger partial charge in [0.1, 0.15) is 5.82 Å². The zero-order chi connectivity index (χ0) is 23.2. The van der Waals surface area contributed by atoms with Crippen molar-refractivity contribution in [3.05, 3.63) is 107 Å². The van der Waals surface area contributed by atoms with Crippen LogP contribution in [0.15, 0.2) is 78.9 Å². The Morgan fingerprint density at radius 1 is 1.06 bits per heavy atom. The Hall–Kier alpha value is -3.95. The number of nitriles is 1. The lowest BCUT2D eigenvalue weighted by molar-refractivity contribution is -0.121. The van der Waals surface area contributed by atoms with Gasteiger partial charge in [-0.1, -0.05) is 35.9 Å². The lowest BCUT2D eigenvalue weighted by Crippen LogP contribution is -2.23. The van der Waals surface area contributed by atoms with Crippen LogP contribution >= 0.6 is 11.6 Å². The van der Waals surface area contributed by atoms with Crippen LogP contribution in [-0.2, 0) is 17.8 Å². The van der Waals surface area contributed by atoms with Gasteiger partial charge in [-0.25, -0.2) is 9.07 Å². The van der Waals surface area contributed by atoms with Crippen LogP contribution < -0.4 is 5.32 Å². The zero-order valence-electron chi connectivity index (χ0n) is 17.6. The summed E-state index contributed by atoms with van der Waals surface area (Å²) in [5, 5.41) is 17.3. The molecule has 5 nitrogen and oxygen atoms in total. The summed E-state index contributed by atoms with van der Waals surface area (Å²) in [4.78, 5) is 12.4. The van der Waals surface area contributed by atoms with Crippen LogP contribution in [0.5, 0.6) is 0 Å². The van der Waals surface area contributed by atoms with Gasteiger partial charge in [-0.3, -0.25) is 4.79 Å². The van der Waals surface area contributed by atoms with Crippen molar-refractivity contribution in [2.24, 2.45) is 0 Å². The van der Waals surface area contributed by atoms with E-state index in [1.165, 1.54) is 12.1 Å². The Morgan fingerprint density at radius 3 is 2.52 bits per heavy atom. The lowest BCUT2D eigenvalue weighted by Gasteiger charge is -2.08. The van der Waals surface area contributed by atoms with Gasteiger partial charge in [-0.15, -0.1) is 0 Å². The van der Waals surface area contributed by atoms with Crippen molar-refractivity contribution in [2.75, 3.05) is 0 Å². The molecule has 0 aliphatic rings. The van der Waals surface area contributed by atoms with Crippen LogP contribution in [0.25, 0.3) is 16.9 Å². The Balaban J connectivity index is 1.51. The predicted molar refractivity (Wildman–Crippen MR) is 125 cm³/mol. The van der Waals surface area contributed by atoms with Gasteiger partial charge in [0.2, 0.25) is 5.91 Å². The SMILES string of the molecule is N#Cc1ccc(-n2nc(CCC(=O)NCc3ccc(Cl)cc3)cc2-c2cccc(F)c2)cc1. The third-order valence-electron chi connectivity index (χ3n) is 5.13. The molecule has 1 N–H and O–H groups in total. The van der Waals surface area contributed by atoms with E-state index < -0.39 is 0 Å². The van der Waals surface area contributed by atoms with Crippen LogP contribution in [0.2, 0.25) is 5.02 Å². The molecule has 1 amide bonds. The van der Waals surface area contributed by atoms with E-state index in [2.05, 4.69) is 16.5 Å². The van der Waals surface area contributed by atoms with Crippen molar-refractivity contribution >= 4 is 17.5 Å². The van der Waals surface area contributed by atoms with Crippen LogP contribution in [-0.4, -0.2) is 15.7 Å². The fourth-order valence-corrected chi connectivity index (χ4v) is 3.54. The second-order valence-corrected chi connectivity index (χ2v) is 7.94. The predicted octanol–water partition coefficient (Wildman–Crippen LogP) is 5.45. The third-order valence-corrected chi connectivity index (χ3v) is 5.38. The average Bonchev–Trinajstić information content (AvgIpc) is 3.27. The Labute approximate surface area is 196 Å². The van der Waals surface area contributed by atoms with Gasteiger partial charge in [-0.2, -0.15) is 10.4 Å². The van der Waals surface area contributed by atoms with Crippen molar-refractivity contribution in [3.63, 3.8) is 0 Å². The molecule has 1 heterocycles. The highest BCUT2D eigenvalue weighted by Gasteiger charge is 2.14. The monoisotopic (exact) mass is 458 g/mol. The lowest BCUT2D eigenvalue weighted by atomic mass is 10.1. The largest absolute Gasteiger partial charge is 0.352 e. The molecule has 7 heteroatoms. The molecular weight excluding hydrogens is 439 g/mol. The number of aromatic nitrogens is 2. The Bertz CT molecular complexity index is 1310. The number of benzene rings is 3. The quantitative estimate of drug-likeness (QED) is 0.400. The summed E-state index contributed by atoms with van der Waals surface area (Å²) in [7, 11) is 0. The number of carbonyl (C=O) groups excluding carboxylic acids is 1. The molecule has 4 aromatic rings. The number of carbonyl (C=O) groups is 1. The number of aryl methyl sites for hydroxylation is 1. The molecule has 0 radical (unpaired) electrons. The van der Waals surface area contributed by atoms with Gasteiger partial charge in [0.25, 0.3) is 0 Å². The molecular formula is C26H20ClFN4O. The summed E-state index contributed by atoms with van der Waals surface area (Å²) in [5.41, 5.74) is 4.33. The van der Waals surface area contributed by atoms with E-state index >= 15 is 0 Å². The minimum atomic E-state index is -0.344. The molecule has 4 rings (SSSR count). The molecule has 0 aliphatic heterocycles. The van der Waals surface area contributed by atoms with E-state index in [4.69, 9.17) is 16.9 Å². The second-order valence-electron chi connectivity index (χ2n) is 7.50. The molecule has 1 aromatic heterocycles. The first-order valence-electron chi connectivity index (χ1n) is 10.4. The average molecular weight is 459 g/mol. The summed E-state index contributed by atoms with van der Waals surface area (Å²) < 4.78 is 15.6. The first-order chi connectivity index (χ1) is 16.0. The van der Waals surface area contributed by atoms with E-state index in [-0.39, 0.29) is 18.1 Å². The number of nitrogens with zero attached hydrogens (tertiary/aromatic N) is 3. The Kier molecular flexibility index (Phi) is 6.82. The third kappa shape index (κ3) is 5.65. The molecule has 33 heavy (non-hydrogen) atoms. The summed E-state index contributed by atoms with van der Waals surface area (Å²) in [6.45, 7) is 0.421. The molecule has 0 bridgehead atoms. The molecule has 0 aliphatic carbocycles. The van der Waals surface area contributed by atoms with Crippen molar-refractivity contribution in [3.8, 4) is 23.0 Å². The van der Waals surface area contributed by atoms with E-state index in [0.717, 1.165) is 11.3 Å². The number of rotatable bonds is 7. The van der Waals surface area contributed by atoms with Crippen molar-refractivity contribution < 1.29 is 9.18 Å². The maximum absolute atomic E-state index is 13.9. The molecule has 0 fully saturated rings. The molecule has 0 spiro atoms. The first-order valence-corrected chi connectivity index (χ1v) is 10.8. The van der Waals surface area contributed by atoms with Crippen LogP contribution in [0.3, 0.4) is 0 Å². The fourth-order valence-electron chi connectivity index (χ4n) is 3.41. The smallest absolute Gasteiger partial charge is 0.220 e. The van der Waals surface area contributed by atoms with Gasteiger partial charge < -0.3 is 5.32 Å². The number of hydrogen-bond acceptors (Lipinski definition) is 3. The number of amides is 1. The van der Waals surface area contributed by atoms with Gasteiger partial charge in [0, 0.05) is 30.0 Å². The van der Waals surface area contributed by atoms with Crippen molar-refractivity contribution in [1.29, 1.82) is 5.26 Å². The number of halogens is 2. The highest BCUT2D eigenvalue weighted by Crippen LogP contribution is 2.25. The van der Waals surface area contributed by atoms with E-state index in [1.807, 2.05) is 24.3 Å². The van der Waals surface area contributed by atoms with E-state index in [9.17, 15) is 9.18 Å². The molecule has 3 aromatic carbocycles. The summed E-state index contributed by atoms with van der Waals surface area (Å²) >= 11 is 5.89. The molecule has 0 saturated carbocycles. The van der Waals surface area contributed by atoms with Crippen LogP contribution in [0.1, 0.15) is 23.2 Å². The topological polar surface area (TPSA) is 70.7 Å².